The molecule has 0 spiro atoms. The average Bonchev–Trinajstić information content (AvgIpc) is 2.73. The summed E-state index contributed by atoms with van der Waals surface area (Å²) in [4.78, 5) is 26.1. The monoisotopic (exact) mass is 408 g/mol. The van der Waals surface area contributed by atoms with Gasteiger partial charge in [-0.1, -0.05) is 107 Å². The molecule has 0 aliphatic rings. The molecule has 3 rings (SSSR count). The summed E-state index contributed by atoms with van der Waals surface area (Å²) >= 11 is 3.41. The smallest absolute Gasteiger partial charge is 0.335 e. The Labute approximate surface area is 160 Å². The molecule has 0 saturated carbocycles. The number of esters is 1. The second-order valence-electron chi connectivity index (χ2n) is 5.78. The second kappa shape index (κ2) is 8.11. The van der Waals surface area contributed by atoms with Gasteiger partial charge in [-0.15, -0.1) is 0 Å². The Balaban J connectivity index is 1.93. The van der Waals surface area contributed by atoms with Crippen molar-refractivity contribution in [2.24, 2.45) is 0 Å². The molecule has 0 amide bonds. The third kappa shape index (κ3) is 3.75. The summed E-state index contributed by atoms with van der Waals surface area (Å²) in [5.74, 6) is -0.997. The van der Waals surface area contributed by atoms with E-state index in [2.05, 4.69) is 15.9 Å². The van der Waals surface area contributed by atoms with Gasteiger partial charge >= 0.3 is 5.97 Å². The molecule has 0 heterocycles. The van der Waals surface area contributed by atoms with Crippen molar-refractivity contribution in [3.8, 4) is 0 Å². The molecule has 0 aliphatic carbocycles. The zero-order valence-electron chi connectivity index (χ0n) is 14.0. The van der Waals surface area contributed by atoms with Crippen LogP contribution in [-0.2, 0) is 20.5 Å². The van der Waals surface area contributed by atoms with Gasteiger partial charge < -0.3 is 4.74 Å². The van der Waals surface area contributed by atoms with Crippen LogP contribution in [0.15, 0.2) is 91.0 Å². The number of halogens is 1. The first-order valence-corrected chi connectivity index (χ1v) is 8.97. The van der Waals surface area contributed by atoms with Gasteiger partial charge in [0.2, 0.25) is 4.32 Å². The van der Waals surface area contributed by atoms with Gasteiger partial charge in [0.1, 0.15) is 6.61 Å². The molecule has 0 N–H and O–H groups in total. The molecule has 130 valence electrons. The largest absolute Gasteiger partial charge is 0.459 e. The Kier molecular flexibility index (Phi) is 5.64. The number of ether oxygens (including phenoxy) is 1. The third-order valence-corrected chi connectivity index (χ3v) is 5.16. The van der Waals surface area contributed by atoms with E-state index in [4.69, 9.17) is 4.74 Å². The lowest BCUT2D eigenvalue weighted by Gasteiger charge is -2.25. The van der Waals surface area contributed by atoms with Crippen LogP contribution in [-0.4, -0.2) is 11.8 Å². The first kappa shape index (κ1) is 18.1. The highest BCUT2D eigenvalue weighted by atomic mass is 79.9. The fraction of sp³-hybridized carbons (Fsp3) is 0.0909. The van der Waals surface area contributed by atoms with Crippen LogP contribution in [0.5, 0.6) is 0 Å². The predicted molar refractivity (Wildman–Crippen MR) is 104 cm³/mol. The fourth-order valence-electron chi connectivity index (χ4n) is 2.62. The van der Waals surface area contributed by atoms with Gasteiger partial charge in [-0.05, 0) is 11.1 Å². The molecular formula is C22H17BrO3. The molecule has 3 aromatic rings. The Morgan fingerprint density at radius 3 is 1.85 bits per heavy atom. The van der Waals surface area contributed by atoms with Crippen LogP contribution in [0.1, 0.15) is 21.5 Å². The van der Waals surface area contributed by atoms with Crippen molar-refractivity contribution in [2.75, 3.05) is 0 Å². The van der Waals surface area contributed by atoms with E-state index in [1.54, 1.807) is 48.5 Å². The van der Waals surface area contributed by atoms with E-state index in [1.165, 1.54) is 0 Å². The van der Waals surface area contributed by atoms with Crippen molar-refractivity contribution in [2.45, 2.75) is 10.9 Å². The minimum absolute atomic E-state index is 0.0991. The Bertz CT molecular complexity index is 879. The van der Waals surface area contributed by atoms with Crippen molar-refractivity contribution in [3.63, 3.8) is 0 Å². The molecule has 0 saturated heterocycles. The van der Waals surface area contributed by atoms with Crippen molar-refractivity contribution < 1.29 is 14.3 Å². The minimum atomic E-state index is -1.59. The van der Waals surface area contributed by atoms with Crippen LogP contribution in [0.2, 0.25) is 0 Å². The van der Waals surface area contributed by atoms with E-state index in [0.717, 1.165) is 5.56 Å². The lowest BCUT2D eigenvalue weighted by Crippen LogP contribution is -2.39. The molecule has 4 heteroatoms. The van der Waals surface area contributed by atoms with Gasteiger partial charge in [0.25, 0.3) is 0 Å². The summed E-state index contributed by atoms with van der Waals surface area (Å²) in [6.07, 6.45) is 0. The van der Waals surface area contributed by atoms with Crippen molar-refractivity contribution >= 4 is 27.7 Å². The molecule has 0 aliphatic heterocycles. The highest BCUT2D eigenvalue weighted by molar-refractivity contribution is 9.10. The SMILES string of the molecule is O=C(OCc1ccccc1)C(Br)(C(=O)c1ccccc1)c1ccccc1. The zero-order valence-corrected chi connectivity index (χ0v) is 15.6. The number of hydrogen-bond acceptors (Lipinski definition) is 3. The van der Waals surface area contributed by atoms with Crippen LogP contribution in [0.25, 0.3) is 0 Å². The van der Waals surface area contributed by atoms with Gasteiger partial charge in [0.15, 0.2) is 5.78 Å². The summed E-state index contributed by atoms with van der Waals surface area (Å²) in [6, 6.07) is 27.0. The summed E-state index contributed by atoms with van der Waals surface area (Å²) < 4.78 is 3.89. The fourth-order valence-corrected chi connectivity index (χ4v) is 3.23. The Morgan fingerprint density at radius 2 is 1.27 bits per heavy atom. The number of rotatable bonds is 6. The minimum Gasteiger partial charge on any atom is -0.459 e. The van der Waals surface area contributed by atoms with Gasteiger partial charge in [-0.2, -0.15) is 0 Å². The van der Waals surface area contributed by atoms with Crippen LogP contribution < -0.4 is 0 Å². The van der Waals surface area contributed by atoms with Crippen LogP contribution in [0.3, 0.4) is 0 Å². The summed E-state index contributed by atoms with van der Waals surface area (Å²) in [5.41, 5.74) is 1.83. The van der Waals surface area contributed by atoms with Gasteiger partial charge in [0.05, 0.1) is 0 Å². The maximum Gasteiger partial charge on any atom is 0.335 e. The molecule has 0 aromatic heterocycles. The lowest BCUT2D eigenvalue weighted by molar-refractivity contribution is -0.146. The standard InChI is InChI=1S/C22H17BrO3/c23-22(19-14-8-3-9-15-19,20(24)18-12-6-2-7-13-18)21(25)26-16-17-10-4-1-5-11-17/h1-15H,16H2. The normalized spacial score (nSPS) is 12.8. The molecule has 0 radical (unpaired) electrons. The van der Waals surface area contributed by atoms with Crippen molar-refractivity contribution in [1.82, 2.24) is 0 Å². The van der Waals surface area contributed by atoms with Crippen LogP contribution in [0, 0.1) is 0 Å². The molecule has 0 bridgehead atoms. The van der Waals surface area contributed by atoms with E-state index in [1.807, 2.05) is 42.5 Å². The molecule has 1 unspecified atom stereocenters. The molecule has 26 heavy (non-hydrogen) atoms. The summed E-state index contributed by atoms with van der Waals surface area (Å²) in [7, 11) is 0. The molecule has 3 aromatic carbocycles. The average molecular weight is 409 g/mol. The zero-order chi connectivity index (χ0) is 18.4. The van der Waals surface area contributed by atoms with E-state index in [9.17, 15) is 9.59 Å². The topological polar surface area (TPSA) is 43.4 Å². The van der Waals surface area contributed by atoms with E-state index < -0.39 is 10.3 Å². The number of ketones is 1. The number of hydrogen-bond donors (Lipinski definition) is 0. The Hall–Kier alpha value is -2.72. The van der Waals surface area contributed by atoms with Gasteiger partial charge in [0, 0.05) is 5.56 Å². The molecule has 0 fully saturated rings. The number of benzene rings is 3. The van der Waals surface area contributed by atoms with E-state index in [0.29, 0.717) is 11.1 Å². The maximum absolute atomic E-state index is 13.2. The van der Waals surface area contributed by atoms with Crippen LogP contribution >= 0.6 is 15.9 Å². The van der Waals surface area contributed by atoms with E-state index in [-0.39, 0.29) is 12.4 Å². The molecule has 1 atom stereocenters. The first-order valence-electron chi connectivity index (χ1n) is 8.18. The quantitative estimate of drug-likeness (QED) is 0.252. The maximum atomic E-state index is 13.2. The predicted octanol–water partition coefficient (Wildman–Crippen LogP) is 4.90. The van der Waals surface area contributed by atoms with Crippen molar-refractivity contribution in [3.05, 3.63) is 108 Å². The Morgan fingerprint density at radius 1 is 0.769 bits per heavy atom. The number of carbonyl (C=O) groups is 2. The number of Topliss-reactive ketones (excluding diaryl/α,β-unsaturated/α-hetero) is 1. The van der Waals surface area contributed by atoms with Gasteiger partial charge in [-0.25, -0.2) is 4.79 Å². The number of carbonyl (C=O) groups excluding carboxylic acids is 2. The summed E-state index contributed by atoms with van der Waals surface area (Å²) in [5, 5.41) is 0. The summed E-state index contributed by atoms with van der Waals surface area (Å²) in [6.45, 7) is 0.0991. The third-order valence-electron chi connectivity index (χ3n) is 4.01. The van der Waals surface area contributed by atoms with Crippen molar-refractivity contribution in [1.29, 1.82) is 0 Å². The van der Waals surface area contributed by atoms with E-state index >= 15 is 0 Å². The van der Waals surface area contributed by atoms with Gasteiger partial charge in [-0.3, -0.25) is 4.79 Å². The number of alkyl halides is 1. The highest BCUT2D eigenvalue weighted by Gasteiger charge is 2.47. The van der Waals surface area contributed by atoms with Crippen LogP contribution in [0.4, 0.5) is 0 Å². The molecule has 3 nitrogen and oxygen atoms in total. The highest BCUT2D eigenvalue weighted by Crippen LogP contribution is 2.36. The molecular weight excluding hydrogens is 392 g/mol. The first-order chi connectivity index (χ1) is 12.6. The second-order valence-corrected chi connectivity index (χ2v) is 6.97. The lowest BCUT2D eigenvalue weighted by atomic mass is 9.90.